The lowest BCUT2D eigenvalue weighted by atomic mass is 10.1. The van der Waals surface area contributed by atoms with Crippen LogP contribution in [0.2, 0.25) is 0 Å². The van der Waals surface area contributed by atoms with Gasteiger partial charge in [-0.2, -0.15) is 0 Å². The highest BCUT2D eigenvalue weighted by molar-refractivity contribution is 5.86. The summed E-state index contributed by atoms with van der Waals surface area (Å²) in [5.74, 6) is -2.37. The van der Waals surface area contributed by atoms with Crippen molar-refractivity contribution in [1.29, 1.82) is 0 Å². The lowest BCUT2D eigenvalue weighted by Gasteiger charge is -2.08. The van der Waals surface area contributed by atoms with Crippen molar-refractivity contribution in [3.63, 3.8) is 0 Å². The number of carbonyl (C=O) groups excluding carboxylic acids is 6. The van der Waals surface area contributed by atoms with Gasteiger partial charge in [0.25, 0.3) is 0 Å². The summed E-state index contributed by atoms with van der Waals surface area (Å²) < 4.78 is 9.67. The van der Waals surface area contributed by atoms with Crippen LogP contribution in [-0.2, 0) is 47.9 Å². The van der Waals surface area contributed by atoms with Crippen molar-refractivity contribution < 1.29 is 53.0 Å². The van der Waals surface area contributed by atoms with Gasteiger partial charge in [-0.05, 0) is 25.7 Å². The molecule has 2 N–H and O–H groups in total. The first-order valence-electron chi connectivity index (χ1n) is 18.1. The van der Waals surface area contributed by atoms with Gasteiger partial charge in [0.05, 0.1) is 26.1 Å². The van der Waals surface area contributed by atoms with Crippen molar-refractivity contribution in [1.82, 2.24) is 10.6 Å². The van der Waals surface area contributed by atoms with Gasteiger partial charge in [-0.1, -0.05) is 89.9 Å². The van der Waals surface area contributed by atoms with Gasteiger partial charge in [-0.25, -0.2) is 19.2 Å². The molecule has 2 unspecified atom stereocenters. The Bertz CT molecular complexity index is 958. The molecular formula is C34H56N3O11+. The van der Waals surface area contributed by atoms with Crippen molar-refractivity contribution in [3.05, 3.63) is 4.91 Å². The molecule has 0 aromatic carbocycles. The van der Waals surface area contributed by atoms with Gasteiger partial charge in [-0.15, -0.1) is 9.68 Å². The Kier molecular flexibility index (Phi) is 21.5. The molecule has 2 amide bonds. The van der Waals surface area contributed by atoms with E-state index < -0.39 is 29.1 Å². The molecule has 2 aliphatic heterocycles. The minimum Gasteiger partial charge on any atom is -0.464 e. The molecule has 14 heteroatoms. The fourth-order valence-electron chi connectivity index (χ4n) is 5.65. The van der Waals surface area contributed by atoms with Crippen LogP contribution in [-0.4, -0.2) is 66.1 Å². The average Bonchev–Trinajstić information content (AvgIpc) is 3.64. The SMILES string of the molecule is O=C(CCCCCCCCCCCC(=O)O[N+](=O)OC(=O)CCCCCCCCCCCC(=O)NC1CCOC1=O)NC1CCOC1=O. The first kappa shape index (κ1) is 40.6. The maximum atomic E-state index is 11.9. The van der Waals surface area contributed by atoms with Crippen LogP contribution >= 0.6 is 0 Å². The fraction of sp³-hybridized carbons (Fsp3) is 0.824. The standard InChI is InChI=1S/C34H55N3O11/c38-29(35-27-23-25-45-33(27)42)19-15-11-7-3-1-5-9-13-17-21-31(40)47-37(44)48-32(41)22-18-14-10-6-2-4-8-12-16-20-30(39)36-28-24-26-46-34(28)43/h27-28H,1-26H2,(H-,35,36,38,39)/p+1. The smallest absolute Gasteiger partial charge is 0.464 e. The highest BCUT2D eigenvalue weighted by atomic mass is 17.0. The summed E-state index contributed by atoms with van der Waals surface area (Å²) in [5, 5.41) is 5.02. The summed E-state index contributed by atoms with van der Waals surface area (Å²) in [7, 11) is 0. The minimum absolute atomic E-state index is 0.0741. The van der Waals surface area contributed by atoms with E-state index in [0.717, 1.165) is 103 Å². The van der Waals surface area contributed by atoms with Crippen LogP contribution in [0.1, 0.15) is 154 Å². The topological polar surface area (TPSA) is 183 Å². The van der Waals surface area contributed by atoms with E-state index in [1.807, 2.05) is 0 Å². The van der Waals surface area contributed by atoms with Crippen LogP contribution < -0.4 is 10.6 Å². The Morgan fingerprint density at radius 2 is 0.812 bits per heavy atom. The zero-order chi connectivity index (χ0) is 34.8. The van der Waals surface area contributed by atoms with Crippen LogP contribution in [0.4, 0.5) is 0 Å². The summed E-state index contributed by atoms with van der Waals surface area (Å²) in [5.41, 5.74) is 0. The number of hydrogen-bond acceptors (Lipinski definition) is 11. The van der Waals surface area contributed by atoms with Crippen molar-refractivity contribution in [3.8, 4) is 0 Å². The lowest BCUT2D eigenvalue weighted by Crippen LogP contribution is -2.37. The third kappa shape index (κ3) is 19.9. The van der Waals surface area contributed by atoms with E-state index in [-0.39, 0.29) is 36.6 Å². The van der Waals surface area contributed by atoms with E-state index in [2.05, 4.69) is 20.3 Å². The van der Waals surface area contributed by atoms with Crippen molar-refractivity contribution in [2.45, 2.75) is 166 Å². The first-order valence-corrected chi connectivity index (χ1v) is 18.1. The predicted molar refractivity (Wildman–Crippen MR) is 172 cm³/mol. The number of carbonyl (C=O) groups is 6. The second-order valence-electron chi connectivity index (χ2n) is 12.7. The molecule has 0 spiro atoms. The van der Waals surface area contributed by atoms with E-state index in [1.54, 1.807) is 0 Å². The average molecular weight is 683 g/mol. The summed E-state index contributed by atoms with van der Waals surface area (Å²) in [6.45, 7) is 0.735. The molecule has 0 aliphatic carbocycles. The Balaban J connectivity index is 1.29. The molecule has 48 heavy (non-hydrogen) atoms. The zero-order valence-corrected chi connectivity index (χ0v) is 28.5. The highest BCUT2D eigenvalue weighted by Crippen LogP contribution is 2.14. The van der Waals surface area contributed by atoms with Crippen molar-refractivity contribution in [2.75, 3.05) is 13.2 Å². The van der Waals surface area contributed by atoms with Gasteiger partial charge < -0.3 is 20.1 Å². The quantitative estimate of drug-likeness (QED) is 0.0634. The molecule has 0 aromatic rings. The van der Waals surface area contributed by atoms with E-state index >= 15 is 0 Å². The molecule has 2 heterocycles. The summed E-state index contributed by atoms with van der Waals surface area (Å²) >= 11 is 0. The van der Waals surface area contributed by atoms with Crippen molar-refractivity contribution in [2.24, 2.45) is 0 Å². The molecule has 2 saturated heterocycles. The number of unbranched alkanes of at least 4 members (excludes halogenated alkanes) is 16. The van der Waals surface area contributed by atoms with Gasteiger partial charge in [0.15, 0.2) is 0 Å². The molecule has 0 saturated carbocycles. The maximum absolute atomic E-state index is 11.9. The molecule has 2 aliphatic rings. The molecule has 2 rings (SSSR count). The molecule has 14 nitrogen and oxygen atoms in total. The monoisotopic (exact) mass is 682 g/mol. The lowest BCUT2D eigenvalue weighted by molar-refractivity contribution is -0.945. The summed E-state index contributed by atoms with van der Waals surface area (Å²) in [4.78, 5) is 90.8. The third-order valence-corrected chi connectivity index (χ3v) is 8.46. The van der Waals surface area contributed by atoms with Gasteiger partial charge >= 0.3 is 29.0 Å². The molecule has 0 radical (unpaired) electrons. The van der Waals surface area contributed by atoms with E-state index in [0.29, 0.717) is 51.7 Å². The Labute approximate surface area is 283 Å². The molecule has 0 aromatic heterocycles. The number of hydrogen-bond donors (Lipinski definition) is 2. The number of cyclic esters (lactones) is 2. The van der Waals surface area contributed by atoms with Crippen LogP contribution in [0, 0.1) is 4.91 Å². The molecule has 2 fully saturated rings. The van der Waals surface area contributed by atoms with Gasteiger partial charge in [0, 0.05) is 25.7 Å². The van der Waals surface area contributed by atoms with Crippen LogP contribution in [0.15, 0.2) is 0 Å². The molecule has 2 atom stereocenters. The zero-order valence-electron chi connectivity index (χ0n) is 28.5. The molecule has 272 valence electrons. The second-order valence-corrected chi connectivity index (χ2v) is 12.7. The van der Waals surface area contributed by atoms with Crippen LogP contribution in [0.25, 0.3) is 0 Å². The van der Waals surface area contributed by atoms with Crippen LogP contribution in [0.3, 0.4) is 0 Å². The first-order chi connectivity index (χ1) is 23.2. The number of nitrogens with zero attached hydrogens (tertiary/aromatic N) is 1. The Morgan fingerprint density at radius 3 is 1.10 bits per heavy atom. The number of nitrogens with one attached hydrogen (secondary N) is 2. The van der Waals surface area contributed by atoms with Crippen molar-refractivity contribution >= 4 is 35.7 Å². The summed E-state index contributed by atoms with van der Waals surface area (Å²) in [6, 6.07) is -0.980. The van der Waals surface area contributed by atoms with E-state index in [9.17, 15) is 33.7 Å². The largest absolute Gasteiger partial charge is 0.495 e. The second kappa shape index (κ2) is 25.4. The maximum Gasteiger partial charge on any atom is 0.495 e. The van der Waals surface area contributed by atoms with E-state index in [4.69, 9.17) is 9.47 Å². The summed E-state index contributed by atoms with van der Waals surface area (Å²) in [6.07, 6.45) is 18.8. The van der Waals surface area contributed by atoms with Gasteiger partial charge in [-0.3, -0.25) is 9.59 Å². The minimum atomic E-state index is -0.731. The molecule has 0 bridgehead atoms. The normalized spacial score (nSPS) is 17.0. The van der Waals surface area contributed by atoms with Gasteiger partial charge in [0.1, 0.15) is 17.0 Å². The number of ether oxygens (including phenoxy) is 2. The number of esters is 2. The molecular weight excluding hydrogens is 626 g/mol. The highest BCUT2D eigenvalue weighted by Gasteiger charge is 2.28. The number of amides is 2. The third-order valence-electron chi connectivity index (χ3n) is 8.46. The Morgan fingerprint density at radius 1 is 0.521 bits per heavy atom. The van der Waals surface area contributed by atoms with Crippen LogP contribution in [0.5, 0.6) is 0 Å². The van der Waals surface area contributed by atoms with Gasteiger partial charge in [0.2, 0.25) is 11.8 Å². The number of rotatable bonds is 28. The Hall–Kier alpha value is -3.58. The fourth-order valence-corrected chi connectivity index (χ4v) is 5.65. The van der Waals surface area contributed by atoms with E-state index in [1.165, 1.54) is 0 Å². The predicted octanol–water partition coefficient (Wildman–Crippen LogP) is 5.13.